The standard InChI is InChI=1S/C11H18O3/c1-4-11-5-6(11)7(12)8-9(11)14-10(2,3)13-8/h6-9,12H,4-5H2,1-3H3/t6-,7+,8+,9+,11+/m1/s1. The van der Waals surface area contributed by atoms with E-state index in [0.717, 1.165) is 12.8 Å². The van der Waals surface area contributed by atoms with Crippen LogP contribution in [-0.4, -0.2) is 29.2 Å². The van der Waals surface area contributed by atoms with Gasteiger partial charge in [-0.3, -0.25) is 0 Å². The van der Waals surface area contributed by atoms with E-state index in [4.69, 9.17) is 9.47 Å². The fourth-order valence-electron chi connectivity index (χ4n) is 3.46. The predicted molar refractivity (Wildman–Crippen MR) is 50.7 cm³/mol. The first-order valence-corrected chi connectivity index (χ1v) is 5.54. The molecule has 3 fully saturated rings. The zero-order valence-electron chi connectivity index (χ0n) is 8.99. The molecule has 1 saturated heterocycles. The third-order valence-electron chi connectivity index (χ3n) is 4.28. The Bertz CT molecular complexity index is 276. The third-order valence-corrected chi connectivity index (χ3v) is 4.28. The van der Waals surface area contributed by atoms with Gasteiger partial charge in [0.1, 0.15) is 6.10 Å². The van der Waals surface area contributed by atoms with Crippen molar-refractivity contribution in [2.24, 2.45) is 11.3 Å². The van der Waals surface area contributed by atoms with E-state index in [2.05, 4.69) is 6.92 Å². The van der Waals surface area contributed by atoms with Crippen LogP contribution in [-0.2, 0) is 9.47 Å². The van der Waals surface area contributed by atoms with Gasteiger partial charge in [0.05, 0.1) is 12.2 Å². The van der Waals surface area contributed by atoms with E-state index in [1.165, 1.54) is 0 Å². The number of aliphatic hydroxyl groups excluding tert-OH is 1. The summed E-state index contributed by atoms with van der Waals surface area (Å²) in [5.41, 5.74) is 0.234. The topological polar surface area (TPSA) is 38.7 Å². The molecule has 1 aliphatic heterocycles. The number of rotatable bonds is 1. The molecular formula is C11H18O3. The minimum Gasteiger partial charge on any atom is -0.390 e. The highest BCUT2D eigenvalue weighted by Crippen LogP contribution is 2.69. The van der Waals surface area contributed by atoms with Gasteiger partial charge in [-0.15, -0.1) is 0 Å². The molecule has 0 bridgehead atoms. The van der Waals surface area contributed by atoms with E-state index in [1.807, 2.05) is 13.8 Å². The van der Waals surface area contributed by atoms with Crippen LogP contribution in [0.4, 0.5) is 0 Å². The van der Waals surface area contributed by atoms with Crippen LogP contribution in [0.2, 0.25) is 0 Å². The van der Waals surface area contributed by atoms with Gasteiger partial charge in [-0.2, -0.15) is 0 Å². The van der Waals surface area contributed by atoms with E-state index in [0.29, 0.717) is 5.92 Å². The molecule has 5 atom stereocenters. The minimum atomic E-state index is -0.508. The van der Waals surface area contributed by atoms with Crippen molar-refractivity contribution >= 4 is 0 Å². The summed E-state index contributed by atoms with van der Waals surface area (Å²) < 4.78 is 11.6. The van der Waals surface area contributed by atoms with Crippen LogP contribution >= 0.6 is 0 Å². The Kier molecular flexibility index (Phi) is 1.53. The second-order valence-electron chi connectivity index (χ2n) is 5.41. The van der Waals surface area contributed by atoms with Gasteiger partial charge in [0.2, 0.25) is 0 Å². The zero-order chi connectivity index (χ0) is 10.1. The summed E-state index contributed by atoms with van der Waals surface area (Å²) in [6.07, 6.45) is 1.95. The second-order valence-corrected chi connectivity index (χ2v) is 5.41. The molecule has 0 aromatic rings. The Morgan fingerprint density at radius 3 is 2.71 bits per heavy atom. The maximum atomic E-state index is 10.0. The maximum absolute atomic E-state index is 10.0. The highest BCUT2D eigenvalue weighted by atomic mass is 16.8. The normalized spacial score (nSPS) is 58.3. The Labute approximate surface area is 84.4 Å². The first kappa shape index (κ1) is 9.13. The molecule has 0 unspecified atom stereocenters. The molecule has 3 rings (SSSR count). The Hall–Kier alpha value is -0.120. The Morgan fingerprint density at radius 2 is 2.07 bits per heavy atom. The largest absolute Gasteiger partial charge is 0.390 e. The Balaban J connectivity index is 1.91. The number of aliphatic hydroxyl groups is 1. The first-order valence-electron chi connectivity index (χ1n) is 5.54. The van der Waals surface area contributed by atoms with Crippen LogP contribution in [0, 0.1) is 11.3 Å². The molecule has 0 amide bonds. The van der Waals surface area contributed by atoms with Crippen LogP contribution in [0.25, 0.3) is 0 Å². The average molecular weight is 198 g/mol. The van der Waals surface area contributed by atoms with E-state index in [-0.39, 0.29) is 23.7 Å². The molecular weight excluding hydrogens is 180 g/mol. The number of ether oxygens (including phenoxy) is 2. The van der Waals surface area contributed by atoms with Gasteiger partial charge in [-0.1, -0.05) is 6.92 Å². The van der Waals surface area contributed by atoms with Gasteiger partial charge in [0, 0.05) is 5.41 Å². The predicted octanol–water partition coefficient (Wildman–Crippen LogP) is 1.30. The van der Waals surface area contributed by atoms with E-state index < -0.39 is 5.79 Å². The highest BCUT2D eigenvalue weighted by Gasteiger charge is 2.74. The Morgan fingerprint density at radius 1 is 1.36 bits per heavy atom. The molecule has 2 aliphatic carbocycles. The summed E-state index contributed by atoms with van der Waals surface area (Å²) in [4.78, 5) is 0. The van der Waals surface area contributed by atoms with Crippen molar-refractivity contribution in [3.63, 3.8) is 0 Å². The molecule has 80 valence electrons. The SMILES string of the molecule is CC[C@]12C[C@@H]1[C@H](O)[C@@H]1OC(C)(C)O[C@@H]12. The van der Waals surface area contributed by atoms with Gasteiger partial charge >= 0.3 is 0 Å². The molecule has 3 heteroatoms. The summed E-state index contributed by atoms with van der Waals surface area (Å²) in [5, 5.41) is 10.0. The molecule has 0 aromatic carbocycles. The molecule has 0 radical (unpaired) electrons. The highest BCUT2D eigenvalue weighted by molar-refractivity contribution is 5.21. The molecule has 1 N–H and O–H groups in total. The van der Waals surface area contributed by atoms with Crippen LogP contribution < -0.4 is 0 Å². The van der Waals surface area contributed by atoms with Gasteiger partial charge in [-0.05, 0) is 32.6 Å². The number of fused-ring (bicyclic) bond motifs is 3. The van der Waals surface area contributed by atoms with Crippen molar-refractivity contribution in [1.29, 1.82) is 0 Å². The average Bonchev–Trinajstić information content (AvgIpc) is 2.71. The number of hydrogen-bond donors (Lipinski definition) is 1. The lowest BCUT2D eigenvalue weighted by Gasteiger charge is -2.22. The smallest absolute Gasteiger partial charge is 0.163 e. The quantitative estimate of drug-likeness (QED) is 0.690. The molecule has 0 aromatic heterocycles. The van der Waals surface area contributed by atoms with Crippen molar-refractivity contribution in [3.05, 3.63) is 0 Å². The van der Waals surface area contributed by atoms with Crippen LogP contribution in [0.15, 0.2) is 0 Å². The van der Waals surface area contributed by atoms with Crippen molar-refractivity contribution < 1.29 is 14.6 Å². The molecule has 14 heavy (non-hydrogen) atoms. The summed E-state index contributed by atoms with van der Waals surface area (Å²) >= 11 is 0. The summed E-state index contributed by atoms with van der Waals surface area (Å²) in [6.45, 7) is 6.04. The first-order chi connectivity index (χ1) is 6.50. The van der Waals surface area contributed by atoms with Gasteiger partial charge < -0.3 is 14.6 Å². The van der Waals surface area contributed by atoms with Crippen LogP contribution in [0.3, 0.4) is 0 Å². The molecule has 0 spiro atoms. The lowest BCUT2D eigenvalue weighted by atomic mass is 9.96. The van der Waals surface area contributed by atoms with Crippen molar-refractivity contribution in [1.82, 2.24) is 0 Å². The lowest BCUT2D eigenvalue weighted by molar-refractivity contribution is -0.167. The summed E-state index contributed by atoms with van der Waals surface area (Å²) in [6, 6.07) is 0. The van der Waals surface area contributed by atoms with E-state index in [9.17, 15) is 5.11 Å². The van der Waals surface area contributed by atoms with Crippen LogP contribution in [0.5, 0.6) is 0 Å². The zero-order valence-corrected chi connectivity index (χ0v) is 8.99. The van der Waals surface area contributed by atoms with Crippen LogP contribution in [0.1, 0.15) is 33.6 Å². The molecule has 3 aliphatic rings. The van der Waals surface area contributed by atoms with Crippen molar-refractivity contribution in [2.75, 3.05) is 0 Å². The van der Waals surface area contributed by atoms with Crippen molar-refractivity contribution in [2.45, 2.75) is 57.7 Å². The molecule has 2 saturated carbocycles. The van der Waals surface area contributed by atoms with Gasteiger partial charge in [0.25, 0.3) is 0 Å². The van der Waals surface area contributed by atoms with E-state index >= 15 is 0 Å². The van der Waals surface area contributed by atoms with Crippen molar-refractivity contribution in [3.8, 4) is 0 Å². The fourth-order valence-corrected chi connectivity index (χ4v) is 3.46. The lowest BCUT2D eigenvalue weighted by Crippen LogP contribution is -2.33. The number of hydrogen-bond acceptors (Lipinski definition) is 3. The molecule has 3 nitrogen and oxygen atoms in total. The third kappa shape index (κ3) is 0.884. The minimum absolute atomic E-state index is 0.0799. The maximum Gasteiger partial charge on any atom is 0.163 e. The van der Waals surface area contributed by atoms with Gasteiger partial charge in [-0.25, -0.2) is 0 Å². The second kappa shape index (κ2) is 2.34. The monoisotopic (exact) mass is 198 g/mol. The fraction of sp³-hybridized carbons (Fsp3) is 1.00. The molecule has 1 heterocycles. The van der Waals surface area contributed by atoms with E-state index in [1.54, 1.807) is 0 Å². The summed E-state index contributed by atoms with van der Waals surface area (Å²) in [5.74, 6) is -0.0786. The van der Waals surface area contributed by atoms with Gasteiger partial charge in [0.15, 0.2) is 5.79 Å². The summed E-state index contributed by atoms with van der Waals surface area (Å²) in [7, 11) is 0.